The van der Waals surface area contributed by atoms with Crippen LogP contribution in [0.15, 0.2) is 23.2 Å². The molecule has 4 nitrogen and oxygen atoms in total. The number of amides is 1. The van der Waals surface area contributed by atoms with Crippen LogP contribution in [0.3, 0.4) is 0 Å². The van der Waals surface area contributed by atoms with Crippen LogP contribution in [-0.4, -0.2) is 25.3 Å². The lowest BCUT2D eigenvalue weighted by Gasteiger charge is -2.08. The molecule has 1 rings (SSSR count). The van der Waals surface area contributed by atoms with Crippen molar-refractivity contribution in [3.05, 3.63) is 23.8 Å². The first-order valence-electron chi connectivity index (χ1n) is 4.53. The van der Waals surface area contributed by atoms with Gasteiger partial charge in [-0.3, -0.25) is 4.79 Å². The summed E-state index contributed by atoms with van der Waals surface area (Å²) in [7, 11) is 3.09. The van der Waals surface area contributed by atoms with Gasteiger partial charge in [-0.1, -0.05) is 6.07 Å². The molecule has 1 aromatic carbocycles. The molecule has 0 spiro atoms. The third-order valence-corrected chi connectivity index (χ3v) is 2.06. The summed E-state index contributed by atoms with van der Waals surface area (Å²) >= 11 is 4.35. The number of ether oxygens (including phenoxy) is 2. The van der Waals surface area contributed by atoms with Crippen LogP contribution in [0.25, 0.3) is 0 Å². The number of methoxy groups -OCH3 is 2. The number of rotatable bonds is 4. The van der Waals surface area contributed by atoms with E-state index in [0.717, 1.165) is 5.56 Å². The lowest BCUT2D eigenvalue weighted by atomic mass is 10.1. The number of thiocarbonyl (C=S) groups is 1. The van der Waals surface area contributed by atoms with E-state index in [2.05, 4.69) is 17.2 Å². The Kier molecular flexibility index (Phi) is 4.64. The van der Waals surface area contributed by atoms with Crippen molar-refractivity contribution in [1.29, 1.82) is 0 Å². The first-order valence-corrected chi connectivity index (χ1v) is 4.93. The Balaban J connectivity index is 2.90. The summed E-state index contributed by atoms with van der Waals surface area (Å²) in [5, 5.41) is 2.04. The Hall–Kier alpha value is -1.71. The molecule has 0 radical (unpaired) electrons. The van der Waals surface area contributed by atoms with E-state index >= 15 is 0 Å². The fraction of sp³-hybridized carbons (Fsp3) is 0.273. The molecule has 0 saturated carbocycles. The molecule has 0 fully saturated rings. The molecule has 0 atom stereocenters. The molecule has 0 aliphatic heterocycles. The quantitative estimate of drug-likeness (QED) is 0.592. The van der Waals surface area contributed by atoms with Crippen molar-refractivity contribution in [3.63, 3.8) is 0 Å². The maximum atomic E-state index is 11.2. The molecule has 0 unspecified atom stereocenters. The second-order valence-electron chi connectivity index (χ2n) is 2.96. The van der Waals surface area contributed by atoms with E-state index in [1.807, 2.05) is 5.16 Å². The van der Waals surface area contributed by atoms with E-state index in [1.54, 1.807) is 32.4 Å². The van der Waals surface area contributed by atoms with Gasteiger partial charge in [-0.2, -0.15) is 4.99 Å². The van der Waals surface area contributed by atoms with E-state index in [0.29, 0.717) is 11.5 Å². The van der Waals surface area contributed by atoms with Gasteiger partial charge in [-0.15, -0.1) is 0 Å². The zero-order chi connectivity index (χ0) is 12.0. The van der Waals surface area contributed by atoms with Gasteiger partial charge in [0.25, 0.3) is 5.91 Å². The largest absolute Gasteiger partial charge is 0.493 e. The van der Waals surface area contributed by atoms with Crippen molar-refractivity contribution in [2.45, 2.75) is 6.42 Å². The van der Waals surface area contributed by atoms with E-state index in [-0.39, 0.29) is 12.3 Å². The predicted octanol–water partition coefficient (Wildman–Crippen LogP) is 1.88. The molecule has 5 heteroatoms. The van der Waals surface area contributed by atoms with Crippen molar-refractivity contribution in [3.8, 4) is 11.5 Å². The Labute approximate surface area is 98.9 Å². The zero-order valence-corrected chi connectivity index (χ0v) is 9.84. The summed E-state index contributed by atoms with van der Waals surface area (Å²) in [5.74, 6) is 0.874. The van der Waals surface area contributed by atoms with Gasteiger partial charge >= 0.3 is 0 Å². The number of isothiocyanates is 1. The van der Waals surface area contributed by atoms with Gasteiger partial charge < -0.3 is 9.47 Å². The molecule has 0 aliphatic carbocycles. The van der Waals surface area contributed by atoms with Crippen LogP contribution in [0.2, 0.25) is 0 Å². The summed E-state index contributed by atoms with van der Waals surface area (Å²) in [5.41, 5.74) is 0.789. The minimum absolute atomic E-state index is 0.171. The Morgan fingerprint density at radius 2 is 2.06 bits per heavy atom. The molecule has 0 bridgehead atoms. The smallest absolute Gasteiger partial charge is 0.258 e. The standard InChI is InChI=1S/C11H11NO3S/c1-14-9-4-3-8(5-10(9)15-2)6-11(13)12-7-16/h3-5H,6H2,1-2H3. The van der Waals surface area contributed by atoms with Crippen molar-refractivity contribution in [2.24, 2.45) is 4.99 Å². The second kappa shape index (κ2) is 6.00. The third-order valence-electron chi connectivity index (χ3n) is 1.97. The summed E-state index contributed by atoms with van der Waals surface area (Å²) in [6.45, 7) is 0. The minimum atomic E-state index is -0.331. The van der Waals surface area contributed by atoms with Crippen LogP contribution in [0.1, 0.15) is 5.56 Å². The average molecular weight is 237 g/mol. The number of benzene rings is 1. The molecule has 0 aliphatic rings. The van der Waals surface area contributed by atoms with E-state index < -0.39 is 0 Å². The van der Waals surface area contributed by atoms with Crippen LogP contribution in [0.4, 0.5) is 0 Å². The number of hydrogen-bond acceptors (Lipinski definition) is 4. The number of nitrogens with zero attached hydrogens (tertiary/aromatic N) is 1. The normalized spacial score (nSPS) is 9.12. The van der Waals surface area contributed by atoms with Crippen LogP contribution < -0.4 is 9.47 Å². The summed E-state index contributed by atoms with van der Waals surface area (Å²) in [4.78, 5) is 14.6. The third kappa shape index (κ3) is 3.15. The fourth-order valence-corrected chi connectivity index (χ4v) is 1.36. The van der Waals surface area contributed by atoms with Crippen molar-refractivity contribution in [2.75, 3.05) is 14.2 Å². The topological polar surface area (TPSA) is 47.9 Å². The van der Waals surface area contributed by atoms with Crippen LogP contribution in [0, 0.1) is 0 Å². The lowest BCUT2D eigenvalue weighted by molar-refractivity contribution is -0.117. The molecule has 0 heterocycles. The molecular weight excluding hydrogens is 226 g/mol. The maximum Gasteiger partial charge on any atom is 0.258 e. The van der Waals surface area contributed by atoms with E-state index in [4.69, 9.17) is 9.47 Å². The Bertz CT molecular complexity index is 439. The van der Waals surface area contributed by atoms with Gasteiger partial charge in [-0.05, 0) is 29.9 Å². The maximum absolute atomic E-state index is 11.2. The van der Waals surface area contributed by atoms with E-state index in [1.165, 1.54) is 0 Å². The van der Waals surface area contributed by atoms with Crippen LogP contribution >= 0.6 is 12.2 Å². The van der Waals surface area contributed by atoms with Gasteiger partial charge in [0.2, 0.25) is 0 Å². The van der Waals surface area contributed by atoms with Gasteiger partial charge in [0, 0.05) is 0 Å². The lowest BCUT2D eigenvalue weighted by Crippen LogP contribution is -1.99. The number of aliphatic imine (C=N–C) groups is 1. The van der Waals surface area contributed by atoms with E-state index in [9.17, 15) is 4.79 Å². The van der Waals surface area contributed by atoms with Crippen LogP contribution in [-0.2, 0) is 11.2 Å². The fourth-order valence-electron chi connectivity index (χ4n) is 1.26. The predicted molar refractivity (Wildman–Crippen MR) is 63.3 cm³/mol. The first-order chi connectivity index (χ1) is 7.71. The van der Waals surface area contributed by atoms with Crippen molar-refractivity contribution < 1.29 is 14.3 Å². The zero-order valence-electron chi connectivity index (χ0n) is 9.02. The number of carbonyl (C=O) groups excluding carboxylic acids is 1. The molecule has 0 saturated heterocycles. The second-order valence-corrected chi connectivity index (χ2v) is 3.15. The summed E-state index contributed by atoms with van der Waals surface area (Å²) in [6, 6.07) is 5.25. The van der Waals surface area contributed by atoms with Gasteiger partial charge in [0.1, 0.15) is 0 Å². The highest BCUT2D eigenvalue weighted by atomic mass is 32.1. The van der Waals surface area contributed by atoms with Gasteiger partial charge in [0.05, 0.1) is 25.8 Å². The van der Waals surface area contributed by atoms with Gasteiger partial charge in [-0.25, -0.2) is 0 Å². The molecule has 0 N–H and O–H groups in total. The average Bonchev–Trinajstić information content (AvgIpc) is 2.29. The molecular formula is C11H11NO3S. The number of carbonyl (C=O) groups is 1. The molecule has 1 amide bonds. The van der Waals surface area contributed by atoms with Gasteiger partial charge in [0.15, 0.2) is 11.5 Å². The van der Waals surface area contributed by atoms with Crippen molar-refractivity contribution >= 4 is 23.3 Å². The van der Waals surface area contributed by atoms with Crippen LogP contribution in [0.5, 0.6) is 11.5 Å². The highest BCUT2D eigenvalue weighted by molar-refractivity contribution is 7.78. The minimum Gasteiger partial charge on any atom is -0.493 e. The Morgan fingerprint density at radius 3 is 2.62 bits per heavy atom. The SMILES string of the molecule is COc1ccc(CC(=O)N=C=S)cc1OC. The molecule has 16 heavy (non-hydrogen) atoms. The number of hydrogen-bond donors (Lipinski definition) is 0. The highest BCUT2D eigenvalue weighted by Crippen LogP contribution is 2.27. The molecule has 0 aromatic heterocycles. The summed E-state index contributed by atoms with van der Waals surface area (Å²) < 4.78 is 10.2. The summed E-state index contributed by atoms with van der Waals surface area (Å²) in [6.07, 6.45) is 0.171. The highest BCUT2D eigenvalue weighted by Gasteiger charge is 2.07. The Morgan fingerprint density at radius 1 is 1.38 bits per heavy atom. The first kappa shape index (κ1) is 12.4. The van der Waals surface area contributed by atoms with Crippen molar-refractivity contribution in [1.82, 2.24) is 0 Å². The monoisotopic (exact) mass is 237 g/mol. The molecule has 84 valence electrons. The molecule has 1 aromatic rings.